The van der Waals surface area contributed by atoms with Gasteiger partial charge in [0.2, 0.25) is 0 Å². The lowest BCUT2D eigenvalue weighted by molar-refractivity contribution is -0.101. The second-order valence-corrected chi connectivity index (χ2v) is 12.5. The van der Waals surface area contributed by atoms with E-state index in [1.807, 2.05) is 0 Å². The summed E-state index contributed by atoms with van der Waals surface area (Å²) in [6.07, 6.45) is 12.3. The summed E-state index contributed by atoms with van der Waals surface area (Å²) in [5, 5.41) is 10.6. The third-order valence-corrected chi connectivity index (χ3v) is 11.0. The fraction of sp³-hybridized carbons (Fsp3) is 0.793. The van der Waals surface area contributed by atoms with Crippen LogP contribution in [-0.4, -0.2) is 16.7 Å². The van der Waals surface area contributed by atoms with Crippen LogP contribution in [0.3, 0.4) is 0 Å². The van der Waals surface area contributed by atoms with Gasteiger partial charge in [0.25, 0.3) is 0 Å². The van der Waals surface area contributed by atoms with Gasteiger partial charge in [-0.05, 0) is 123 Å². The number of aliphatic hydroxyl groups excluding tert-OH is 1. The van der Waals surface area contributed by atoms with E-state index in [4.69, 9.17) is 12.3 Å². The molecule has 4 rings (SSSR count). The molecule has 4 saturated carbocycles. The van der Waals surface area contributed by atoms with E-state index in [0.29, 0.717) is 23.7 Å². The predicted molar refractivity (Wildman–Crippen MR) is 132 cm³/mol. The summed E-state index contributed by atoms with van der Waals surface area (Å²) in [5.74, 6) is 3.45. The van der Waals surface area contributed by atoms with Gasteiger partial charge >= 0.3 is 0 Å². The first-order valence-corrected chi connectivity index (χ1v) is 13.0. The second-order valence-electron chi connectivity index (χ2n) is 12.5. The minimum atomic E-state index is -0.432. The topological polar surface area (TPSA) is 46.2 Å². The highest BCUT2D eigenvalue weighted by Gasteiger charge is 2.66. The van der Waals surface area contributed by atoms with Crippen LogP contribution in [0.5, 0.6) is 0 Å². The summed E-state index contributed by atoms with van der Waals surface area (Å²) in [7, 11) is 0. The van der Waals surface area contributed by atoms with Gasteiger partial charge in [0, 0.05) is 5.54 Å². The monoisotopic (exact) mass is 425 g/mol. The molecule has 0 spiro atoms. The van der Waals surface area contributed by atoms with Gasteiger partial charge in [0.1, 0.15) is 0 Å². The summed E-state index contributed by atoms with van der Waals surface area (Å²) in [6.45, 7) is 20.7. The number of hydrogen-bond acceptors (Lipinski definition) is 2. The molecule has 31 heavy (non-hydrogen) atoms. The maximum atomic E-state index is 10.6. The summed E-state index contributed by atoms with van der Waals surface area (Å²) in [6, 6.07) is 0. The van der Waals surface area contributed by atoms with Crippen molar-refractivity contribution in [2.45, 2.75) is 104 Å². The Morgan fingerprint density at radius 1 is 1.19 bits per heavy atom. The fourth-order valence-electron chi connectivity index (χ4n) is 9.23. The van der Waals surface area contributed by atoms with Gasteiger partial charge in [0.15, 0.2) is 0 Å². The highest BCUT2D eigenvalue weighted by Crippen LogP contribution is 2.70. The highest BCUT2D eigenvalue weighted by atomic mass is 16.3. The first-order chi connectivity index (χ1) is 14.5. The van der Waals surface area contributed by atoms with Crippen LogP contribution in [0, 0.1) is 40.4 Å². The molecule has 2 nitrogen and oxygen atoms in total. The zero-order valence-corrected chi connectivity index (χ0v) is 20.8. The molecular weight excluding hydrogens is 378 g/mol. The first kappa shape index (κ1) is 23.3. The van der Waals surface area contributed by atoms with Gasteiger partial charge in [-0.1, -0.05) is 39.0 Å². The lowest BCUT2D eigenvalue weighted by Crippen LogP contribution is -2.68. The summed E-state index contributed by atoms with van der Waals surface area (Å²) in [5.41, 5.74) is 11.2. The van der Waals surface area contributed by atoms with Crippen LogP contribution in [0.25, 0.3) is 0 Å². The number of aliphatic hydroxyl groups is 1. The predicted octanol–water partition coefficient (Wildman–Crippen LogP) is 6.80. The molecule has 0 saturated heterocycles. The van der Waals surface area contributed by atoms with Gasteiger partial charge in [0.05, 0.1) is 6.10 Å². The average molecular weight is 426 g/mol. The largest absolute Gasteiger partial charge is 0.393 e. The Hall–Kier alpha value is -0.860. The van der Waals surface area contributed by atoms with Crippen LogP contribution < -0.4 is 5.73 Å². The molecule has 2 heteroatoms. The molecule has 0 aliphatic heterocycles. The molecule has 174 valence electrons. The molecule has 8 unspecified atom stereocenters. The van der Waals surface area contributed by atoms with Crippen LogP contribution >= 0.6 is 0 Å². The Bertz CT molecular complexity index is 782. The Morgan fingerprint density at radius 2 is 1.90 bits per heavy atom. The summed E-state index contributed by atoms with van der Waals surface area (Å²) in [4.78, 5) is 0. The minimum absolute atomic E-state index is 0.0604. The molecule has 0 bridgehead atoms. The van der Waals surface area contributed by atoms with Crippen molar-refractivity contribution >= 4 is 0 Å². The van der Waals surface area contributed by atoms with Gasteiger partial charge in [-0.2, -0.15) is 0 Å². The first-order valence-electron chi connectivity index (χ1n) is 13.0. The van der Waals surface area contributed by atoms with Gasteiger partial charge < -0.3 is 10.8 Å². The average Bonchev–Trinajstić information content (AvgIpc) is 3.05. The van der Waals surface area contributed by atoms with Crippen LogP contribution in [0.1, 0.15) is 92.4 Å². The third kappa shape index (κ3) is 3.26. The third-order valence-electron chi connectivity index (χ3n) is 11.0. The van der Waals surface area contributed by atoms with Crippen molar-refractivity contribution in [2.75, 3.05) is 0 Å². The molecule has 4 aliphatic carbocycles. The quantitative estimate of drug-likeness (QED) is 0.486. The Labute approximate surface area is 191 Å². The Balaban J connectivity index is 1.68. The number of allylic oxidation sites excluding steroid dienone is 2. The maximum absolute atomic E-state index is 10.6. The summed E-state index contributed by atoms with van der Waals surface area (Å²) >= 11 is 0. The van der Waals surface area contributed by atoms with Gasteiger partial charge in [-0.25, -0.2) is 0 Å². The van der Waals surface area contributed by atoms with E-state index in [2.05, 4.69) is 47.3 Å². The van der Waals surface area contributed by atoms with E-state index in [0.717, 1.165) is 37.0 Å². The zero-order chi connectivity index (χ0) is 22.8. The lowest BCUT2D eigenvalue weighted by atomic mass is 9.40. The van der Waals surface area contributed by atoms with Crippen LogP contribution in [-0.2, 0) is 0 Å². The summed E-state index contributed by atoms with van der Waals surface area (Å²) < 4.78 is 0. The molecular formula is C29H47NO. The van der Waals surface area contributed by atoms with Crippen molar-refractivity contribution in [3.05, 3.63) is 36.0 Å². The Kier molecular flexibility index (Phi) is 5.92. The van der Waals surface area contributed by atoms with Crippen molar-refractivity contribution in [1.82, 2.24) is 0 Å². The van der Waals surface area contributed by atoms with Crippen molar-refractivity contribution < 1.29 is 5.11 Å². The normalized spacial score (nSPS) is 49.3. The SMILES string of the molecule is C=C(C)CCC(C)C1CCC2C3C(=C)/C(=C\C)C4(N)C[C@H](O)CCC4(C)C3CCC12C. The van der Waals surface area contributed by atoms with Crippen molar-refractivity contribution in [1.29, 1.82) is 0 Å². The van der Waals surface area contributed by atoms with Crippen LogP contribution in [0.4, 0.5) is 0 Å². The lowest BCUT2D eigenvalue weighted by Gasteiger charge is -2.66. The maximum Gasteiger partial charge on any atom is 0.0561 e. The van der Waals surface area contributed by atoms with Crippen molar-refractivity contribution in [3.63, 3.8) is 0 Å². The van der Waals surface area contributed by atoms with E-state index in [1.54, 1.807) is 0 Å². The highest BCUT2D eigenvalue weighted by molar-refractivity contribution is 5.48. The van der Waals surface area contributed by atoms with Crippen molar-refractivity contribution in [2.24, 2.45) is 46.2 Å². The molecule has 0 amide bonds. The minimum Gasteiger partial charge on any atom is -0.393 e. The number of fused-ring (bicyclic) bond motifs is 5. The molecule has 3 N–H and O–H groups in total. The second kappa shape index (κ2) is 7.87. The van der Waals surface area contributed by atoms with E-state index in [-0.39, 0.29) is 11.5 Å². The van der Waals surface area contributed by atoms with Crippen LogP contribution in [0.2, 0.25) is 0 Å². The molecule has 0 heterocycles. The smallest absolute Gasteiger partial charge is 0.0561 e. The molecule has 0 radical (unpaired) electrons. The van der Waals surface area contributed by atoms with E-state index < -0.39 is 5.54 Å². The molecule has 4 aliphatic rings. The molecule has 0 aromatic heterocycles. The number of rotatable bonds is 4. The fourth-order valence-corrected chi connectivity index (χ4v) is 9.23. The zero-order valence-electron chi connectivity index (χ0n) is 20.8. The molecule has 9 atom stereocenters. The number of hydrogen-bond donors (Lipinski definition) is 2. The van der Waals surface area contributed by atoms with Crippen LogP contribution in [0.15, 0.2) is 36.0 Å². The number of nitrogens with two attached hydrogens (primary N) is 1. The molecule has 0 aromatic rings. The van der Waals surface area contributed by atoms with Gasteiger partial charge in [-0.15, -0.1) is 6.58 Å². The van der Waals surface area contributed by atoms with E-state index >= 15 is 0 Å². The molecule has 4 fully saturated rings. The molecule has 0 aromatic carbocycles. The van der Waals surface area contributed by atoms with Crippen molar-refractivity contribution in [3.8, 4) is 0 Å². The standard InChI is InChI=1S/C29H47NO/c1-8-22-20(5)26-24-12-11-23(19(4)10-9-18(2)3)27(24,6)15-14-25(26)28(7)16-13-21(31)17-29(22,28)30/h8,19,21,23-26,31H,2,5,9-17,30H2,1,3-4,6-7H3/b22-8+/t19?,21-,23?,24?,25?,26?,27?,28?,29?/m1/s1. The van der Waals surface area contributed by atoms with E-state index in [1.165, 1.54) is 48.8 Å². The van der Waals surface area contributed by atoms with Gasteiger partial charge in [-0.3, -0.25) is 0 Å². The van der Waals surface area contributed by atoms with E-state index in [9.17, 15) is 5.11 Å². The Morgan fingerprint density at radius 3 is 2.55 bits per heavy atom.